The molecular formula is C28H33N5O3. The maximum atomic E-state index is 13.7. The second-order valence-electron chi connectivity index (χ2n) is 10.2. The largest absolute Gasteiger partial charge is 0.383 e. The average molecular weight is 488 g/mol. The molecular weight excluding hydrogens is 454 g/mol. The summed E-state index contributed by atoms with van der Waals surface area (Å²) in [4.78, 5) is 45.4. The van der Waals surface area contributed by atoms with Gasteiger partial charge in [-0.2, -0.15) is 0 Å². The van der Waals surface area contributed by atoms with Crippen LogP contribution in [0.2, 0.25) is 0 Å². The number of nitrogens with zero attached hydrogens (tertiary/aromatic N) is 2. The van der Waals surface area contributed by atoms with Crippen molar-refractivity contribution in [2.24, 2.45) is 5.41 Å². The Morgan fingerprint density at radius 2 is 1.86 bits per heavy atom. The lowest BCUT2D eigenvalue weighted by Crippen LogP contribution is -2.51. The van der Waals surface area contributed by atoms with E-state index in [9.17, 15) is 14.4 Å². The molecule has 2 atom stereocenters. The highest BCUT2D eigenvalue weighted by Gasteiger charge is 2.39. The minimum Gasteiger partial charge on any atom is -0.383 e. The molecule has 0 aliphatic carbocycles. The molecule has 8 nitrogen and oxygen atoms in total. The van der Waals surface area contributed by atoms with Crippen LogP contribution in [0.15, 0.2) is 60.8 Å². The summed E-state index contributed by atoms with van der Waals surface area (Å²) in [5, 5.41) is 7.70. The number of amides is 3. The highest BCUT2D eigenvalue weighted by atomic mass is 16.2. The number of rotatable bonds is 6. The molecule has 1 saturated heterocycles. The minimum atomic E-state index is -0.859. The van der Waals surface area contributed by atoms with Gasteiger partial charge in [-0.15, -0.1) is 0 Å². The summed E-state index contributed by atoms with van der Waals surface area (Å²) in [6, 6.07) is 15.4. The third-order valence-corrected chi connectivity index (χ3v) is 6.50. The van der Waals surface area contributed by atoms with E-state index in [1.807, 2.05) is 54.6 Å². The van der Waals surface area contributed by atoms with E-state index in [0.717, 1.165) is 22.8 Å². The van der Waals surface area contributed by atoms with Crippen molar-refractivity contribution in [2.45, 2.75) is 52.2 Å². The summed E-state index contributed by atoms with van der Waals surface area (Å²) in [6.07, 6.45) is 2.95. The van der Waals surface area contributed by atoms with Crippen LogP contribution in [0.1, 0.15) is 50.8 Å². The number of fused-ring (bicyclic) bond motifs is 1. The van der Waals surface area contributed by atoms with Gasteiger partial charge in [-0.3, -0.25) is 14.4 Å². The Balaban J connectivity index is 1.49. The van der Waals surface area contributed by atoms with Crippen molar-refractivity contribution in [1.82, 2.24) is 20.5 Å². The molecule has 1 fully saturated rings. The molecule has 1 aliphatic heterocycles. The standard InChI is InChI=1S/C28H33N5O3/c1-28(2,3)27(36)32-23(20-8-5-4-6-9-20)26(35)33-15-7-10-22(33)25(34)31-17-18-11-12-19-13-14-30-24(29)21(19)16-18/h4-6,8-9,11-14,16,22-23H,7,10,15,17H2,1-3H3,(H2,29,30)(H,31,34)(H,32,36)/t22-,23+/m0/s1. The fraction of sp³-hybridized carbons (Fsp3) is 0.357. The van der Waals surface area contributed by atoms with Crippen LogP contribution < -0.4 is 16.4 Å². The molecule has 1 aromatic heterocycles. The number of nitrogen functional groups attached to an aromatic ring is 1. The van der Waals surface area contributed by atoms with E-state index in [0.29, 0.717) is 30.9 Å². The topological polar surface area (TPSA) is 117 Å². The second-order valence-corrected chi connectivity index (χ2v) is 10.2. The van der Waals surface area contributed by atoms with Gasteiger partial charge in [0.05, 0.1) is 0 Å². The van der Waals surface area contributed by atoms with Gasteiger partial charge in [0.15, 0.2) is 0 Å². The molecule has 4 rings (SSSR count). The lowest BCUT2D eigenvalue weighted by Gasteiger charge is -2.30. The average Bonchev–Trinajstić information content (AvgIpc) is 3.36. The summed E-state index contributed by atoms with van der Waals surface area (Å²) < 4.78 is 0. The quantitative estimate of drug-likeness (QED) is 0.493. The fourth-order valence-electron chi connectivity index (χ4n) is 4.40. The predicted octanol–water partition coefficient (Wildman–Crippen LogP) is 3.33. The fourth-order valence-corrected chi connectivity index (χ4v) is 4.40. The Labute approximate surface area is 211 Å². The molecule has 4 N–H and O–H groups in total. The number of hydrogen-bond donors (Lipinski definition) is 3. The molecule has 36 heavy (non-hydrogen) atoms. The first-order chi connectivity index (χ1) is 17.1. The number of hydrogen-bond acceptors (Lipinski definition) is 5. The Morgan fingerprint density at radius 1 is 1.11 bits per heavy atom. The Morgan fingerprint density at radius 3 is 2.58 bits per heavy atom. The van der Waals surface area contributed by atoms with Gasteiger partial charge in [0, 0.05) is 30.1 Å². The molecule has 2 heterocycles. The first kappa shape index (κ1) is 25.2. The van der Waals surface area contributed by atoms with Crippen LogP contribution in [0.25, 0.3) is 10.8 Å². The van der Waals surface area contributed by atoms with Gasteiger partial charge in [-0.1, -0.05) is 63.2 Å². The van der Waals surface area contributed by atoms with E-state index in [2.05, 4.69) is 15.6 Å². The number of likely N-dealkylation sites (tertiary alicyclic amines) is 1. The number of carbonyl (C=O) groups excluding carboxylic acids is 3. The van der Waals surface area contributed by atoms with Crippen LogP contribution in [-0.2, 0) is 20.9 Å². The van der Waals surface area contributed by atoms with E-state index in [1.54, 1.807) is 31.9 Å². The Bertz CT molecular complexity index is 1270. The normalized spacial score (nSPS) is 16.5. The lowest BCUT2D eigenvalue weighted by atomic mass is 9.94. The summed E-state index contributed by atoms with van der Waals surface area (Å²) >= 11 is 0. The van der Waals surface area contributed by atoms with Crippen molar-refractivity contribution in [2.75, 3.05) is 12.3 Å². The maximum Gasteiger partial charge on any atom is 0.250 e. The van der Waals surface area contributed by atoms with Crippen LogP contribution in [0.5, 0.6) is 0 Å². The molecule has 0 bridgehead atoms. The van der Waals surface area contributed by atoms with Gasteiger partial charge in [-0.05, 0) is 41.5 Å². The number of benzene rings is 2. The Kier molecular flexibility index (Phi) is 7.24. The molecule has 0 unspecified atom stereocenters. The van der Waals surface area contributed by atoms with E-state index in [-0.39, 0.29) is 17.7 Å². The molecule has 2 aromatic carbocycles. The van der Waals surface area contributed by atoms with Crippen LogP contribution in [0.4, 0.5) is 5.82 Å². The van der Waals surface area contributed by atoms with Crippen molar-refractivity contribution < 1.29 is 14.4 Å². The van der Waals surface area contributed by atoms with Gasteiger partial charge in [0.2, 0.25) is 17.7 Å². The third kappa shape index (κ3) is 5.48. The van der Waals surface area contributed by atoms with Gasteiger partial charge < -0.3 is 21.3 Å². The molecule has 188 valence electrons. The first-order valence-electron chi connectivity index (χ1n) is 12.2. The number of nitrogens with two attached hydrogens (primary N) is 1. The van der Waals surface area contributed by atoms with Crippen molar-refractivity contribution in [3.8, 4) is 0 Å². The monoisotopic (exact) mass is 487 g/mol. The van der Waals surface area contributed by atoms with Gasteiger partial charge in [-0.25, -0.2) is 4.98 Å². The molecule has 8 heteroatoms. The SMILES string of the molecule is CC(C)(C)C(=O)N[C@@H](C(=O)N1CCC[C@H]1C(=O)NCc1ccc2ccnc(N)c2c1)c1ccccc1. The number of carbonyl (C=O) groups is 3. The molecule has 3 amide bonds. The van der Waals surface area contributed by atoms with Crippen molar-refractivity contribution >= 4 is 34.3 Å². The van der Waals surface area contributed by atoms with Crippen molar-refractivity contribution in [3.63, 3.8) is 0 Å². The van der Waals surface area contributed by atoms with E-state index in [4.69, 9.17) is 5.73 Å². The molecule has 1 aliphatic rings. The van der Waals surface area contributed by atoms with Gasteiger partial charge >= 0.3 is 0 Å². The summed E-state index contributed by atoms with van der Waals surface area (Å²) in [5.74, 6) is -0.275. The zero-order valence-electron chi connectivity index (χ0n) is 21.0. The molecule has 0 saturated carbocycles. The first-order valence-corrected chi connectivity index (χ1v) is 12.2. The summed E-state index contributed by atoms with van der Waals surface area (Å²) in [6.45, 7) is 6.18. The van der Waals surface area contributed by atoms with Crippen LogP contribution in [-0.4, -0.2) is 40.2 Å². The number of anilines is 1. The van der Waals surface area contributed by atoms with Crippen LogP contribution >= 0.6 is 0 Å². The molecule has 3 aromatic rings. The van der Waals surface area contributed by atoms with E-state index in [1.165, 1.54) is 0 Å². The number of nitrogens with one attached hydrogen (secondary N) is 2. The summed E-state index contributed by atoms with van der Waals surface area (Å²) in [7, 11) is 0. The number of pyridine rings is 1. The maximum absolute atomic E-state index is 13.7. The molecule has 0 spiro atoms. The second kappa shape index (κ2) is 10.4. The third-order valence-electron chi connectivity index (χ3n) is 6.50. The minimum absolute atomic E-state index is 0.214. The highest BCUT2D eigenvalue weighted by molar-refractivity contribution is 5.94. The highest BCUT2D eigenvalue weighted by Crippen LogP contribution is 2.26. The van der Waals surface area contributed by atoms with E-state index < -0.39 is 17.5 Å². The smallest absolute Gasteiger partial charge is 0.250 e. The zero-order valence-corrected chi connectivity index (χ0v) is 21.0. The summed E-state index contributed by atoms with van der Waals surface area (Å²) in [5.41, 5.74) is 6.92. The van der Waals surface area contributed by atoms with E-state index >= 15 is 0 Å². The van der Waals surface area contributed by atoms with Crippen molar-refractivity contribution in [3.05, 3.63) is 71.9 Å². The van der Waals surface area contributed by atoms with Gasteiger partial charge in [0.1, 0.15) is 17.9 Å². The Hall–Kier alpha value is -3.94. The lowest BCUT2D eigenvalue weighted by molar-refractivity contribution is -0.142. The van der Waals surface area contributed by atoms with Crippen LogP contribution in [0, 0.1) is 5.41 Å². The number of aromatic nitrogens is 1. The van der Waals surface area contributed by atoms with Crippen molar-refractivity contribution in [1.29, 1.82) is 0 Å². The molecule has 0 radical (unpaired) electrons. The van der Waals surface area contributed by atoms with Gasteiger partial charge in [0.25, 0.3) is 0 Å². The predicted molar refractivity (Wildman–Crippen MR) is 140 cm³/mol. The van der Waals surface area contributed by atoms with Crippen LogP contribution in [0.3, 0.4) is 0 Å². The zero-order chi connectivity index (χ0) is 25.9.